The van der Waals surface area contributed by atoms with E-state index in [-0.39, 0.29) is 10.8 Å². The van der Waals surface area contributed by atoms with E-state index in [4.69, 9.17) is 11.6 Å². The van der Waals surface area contributed by atoms with Gasteiger partial charge in [-0.05, 0) is 22.6 Å². The first kappa shape index (κ1) is 8.66. The van der Waals surface area contributed by atoms with Crippen molar-refractivity contribution in [1.29, 1.82) is 0 Å². The van der Waals surface area contributed by atoms with Crippen molar-refractivity contribution in [3.05, 3.63) is 31.1 Å². The van der Waals surface area contributed by atoms with Gasteiger partial charge in [-0.3, -0.25) is 10.1 Å². The minimum absolute atomic E-state index is 0.00870. The van der Waals surface area contributed by atoms with Crippen LogP contribution in [0.3, 0.4) is 0 Å². The maximum atomic E-state index is 10.3. The van der Waals surface area contributed by atoms with Gasteiger partial charge in [0.1, 0.15) is 8.72 Å². The molecule has 58 valence electrons. The Balaban J connectivity index is 3.23. The van der Waals surface area contributed by atoms with Crippen molar-refractivity contribution in [3.8, 4) is 0 Å². The lowest BCUT2D eigenvalue weighted by molar-refractivity contribution is -0.385. The monoisotopic (exact) mass is 284 g/mol. The van der Waals surface area contributed by atoms with Gasteiger partial charge in [-0.25, -0.2) is 4.98 Å². The van der Waals surface area contributed by atoms with E-state index in [1.165, 1.54) is 12.3 Å². The van der Waals surface area contributed by atoms with Crippen LogP contribution in [0.25, 0.3) is 0 Å². The van der Waals surface area contributed by atoms with E-state index < -0.39 is 4.92 Å². The van der Waals surface area contributed by atoms with E-state index in [0.29, 0.717) is 3.57 Å². The Morgan fingerprint density at radius 1 is 1.73 bits per heavy atom. The first-order chi connectivity index (χ1) is 5.11. The molecule has 0 aromatic carbocycles. The maximum absolute atomic E-state index is 10.3. The van der Waals surface area contributed by atoms with Gasteiger partial charge in [0.15, 0.2) is 0 Å². The van der Waals surface area contributed by atoms with E-state index in [0.717, 1.165) is 0 Å². The average molecular weight is 284 g/mol. The fraction of sp³-hybridized carbons (Fsp3) is 0. The number of hydrogen-bond donors (Lipinski definition) is 0. The van der Waals surface area contributed by atoms with Gasteiger partial charge in [0.2, 0.25) is 0 Å². The molecule has 0 bridgehead atoms. The summed E-state index contributed by atoms with van der Waals surface area (Å²) in [5, 5.41) is 10.4. The Hall–Kier alpha value is -0.430. The van der Waals surface area contributed by atoms with Crippen molar-refractivity contribution in [2.45, 2.75) is 0 Å². The largest absolute Gasteiger partial charge is 0.287 e. The summed E-state index contributed by atoms with van der Waals surface area (Å²) < 4.78 is 0.483. The molecule has 1 aromatic heterocycles. The second-order valence-corrected chi connectivity index (χ2v) is 3.26. The molecule has 1 rings (SSSR count). The van der Waals surface area contributed by atoms with Crippen LogP contribution >= 0.6 is 34.2 Å². The summed E-state index contributed by atoms with van der Waals surface area (Å²) in [6.07, 6.45) is 1.36. The molecule has 0 saturated carbocycles. The van der Waals surface area contributed by atoms with Crippen LogP contribution in [0.5, 0.6) is 0 Å². The van der Waals surface area contributed by atoms with Gasteiger partial charge in [-0.1, -0.05) is 11.6 Å². The molecule has 11 heavy (non-hydrogen) atoms. The molecule has 0 N–H and O–H groups in total. The van der Waals surface area contributed by atoms with Crippen molar-refractivity contribution in [1.82, 2.24) is 4.98 Å². The van der Waals surface area contributed by atoms with Crippen molar-refractivity contribution in [3.63, 3.8) is 0 Å². The molecule has 0 aliphatic rings. The summed E-state index contributed by atoms with van der Waals surface area (Å²) in [5.41, 5.74) is -0.00870. The molecule has 4 nitrogen and oxygen atoms in total. The van der Waals surface area contributed by atoms with E-state index in [9.17, 15) is 10.1 Å². The highest BCUT2D eigenvalue weighted by Crippen LogP contribution is 2.21. The number of nitro groups is 1. The fourth-order valence-electron chi connectivity index (χ4n) is 0.543. The molecule has 0 spiro atoms. The van der Waals surface area contributed by atoms with Crippen molar-refractivity contribution in [2.75, 3.05) is 0 Å². The van der Waals surface area contributed by atoms with Crippen LogP contribution in [0.2, 0.25) is 5.15 Å². The third-order valence-corrected chi connectivity index (χ3v) is 2.04. The van der Waals surface area contributed by atoms with Crippen LogP contribution in [-0.4, -0.2) is 9.91 Å². The first-order valence-corrected chi connectivity index (χ1v) is 4.02. The maximum Gasteiger partial charge on any atom is 0.287 e. The minimum atomic E-state index is -0.491. The molecule has 1 heterocycles. The Kier molecular flexibility index (Phi) is 2.61. The van der Waals surface area contributed by atoms with Gasteiger partial charge in [0, 0.05) is 6.20 Å². The number of aromatic nitrogens is 1. The van der Waals surface area contributed by atoms with Crippen molar-refractivity contribution in [2.24, 2.45) is 0 Å². The highest BCUT2D eigenvalue weighted by molar-refractivity contribution is 14.1. The molecule has 0 aliphatic carbocycles. The zero-order chi connectivity index (χ0) is 8.43. The molecule has 0 saturated heterocycles. The third-order valence-electron chi connectivity index (χ3n) is 0.998. The molecule has 0 amide bonds. The molecule has 1 aromatic rings. The summed E-state index contributed by atoms with van der Waals surface area (Å²) in [5.74, 6) is 0. The van der Waals surface area contributed by atoms with Crippen molar-refractivity contribution >= 4 is 39.9 Å². The Bertz CT molecular complexity index is 305. The molecule has 0 aliphatic heterocycles. The van der Waals surface area contributed by atoms with Gasteiger partial charge in [-0.2, -0.15) is 0 Å². The van der Waals surface area contributed by atoms with Gasteiger partial charge >= 0.3 is 0 Å². The summed E-state index contributed by atoms with van der Waals surface area (Å²) in [6.45, 7) is 0. The van der Waals surface area contributed by atoms with Crippen LogP contribution in [0.15, 0.2) is 12.3 Å². The number of nitrogens with zero attached hydrogens (tertiary/aromatic N) is 2. The Labute approximate surface area is 80.9 Å². The predicted octanol–water partition coefficient (Wildman–Crippen LogP) is 2.25. The lowest BCUT2D eigenvalue weighted by Gasteiger charge is -1.93. The van der Waals surface area contributed by atoms with Gasteiger partial charge < -0.3 is 0 Å². The van der Waals surface area contributed by atoms with E-state index in [2.05, 4.69) is 4.98 Å². The second-order valence-electron chi connectivity index (χ2n) is 1.72. The molecule has 0 atom stereocenters. The van der Waals surface area contributed by atoms with Crippen LogP contribution in [0.1, 0.15) is 0 Å². The average Bonchev–Trinajstić information content (AvgIpc) is 1.94. The first-order valence-electron chi connectivity index (χ1n) is 2.56. The number of rotatable bonds is 1. The van der Waals surface area contributed by atoms with Crippen LogP contribution in [-0.2, 0) is 0 Å². The molecule has 0 fully saturated rings. The molecular formula is C5H2ClIN2O2. The second kappa shape index (κ2) is 3.31. The van der Waals surface area contributed by atoms with E-state index in [1.807, 2.05) is 22.6 Å². The zero-order valence-corrected chi connectivity index (χ0v) is 8.03. The lowest BCUT2D eigenvalue weighted by atomic mass is 10.4. The summed E-state index contributed by atoms with van der Waals surface area (Å²) >= 11 is 7.27. The van der Waals surface area contributed by atoms with Crippen LogP contribution < -0.4 is 0 Å². The van der Waals surface area contributed by atoms with Crippen LogP contribution in [0, 0.1) is 13.7 Å². The predicted molar refractivity (Wildman–Crippen MR) is 48.6 cm³/mol. The fourth-order valence-corrected chi connectivity index (χ4v) is 1.19. The normalized spacial score (nSPS) is 9.64. The Morgan fingerprint density at radius 2 is 2.36 bits per heavy atom. The van der Waals surface area contributed by atoms with Crippen LogP contribution in [0.4, 0.5) is 5.69 Å². The lowest BCUT2D eigenvalue weighted by Crippen LogP contribution is -1.92. The summed E-state index contributed by atoms with van der Waals surface area (Å²) in [7, 11) is 0. The number of hydrogen-bond acceptors (Lipinski definition) is 3. The highest BCUT2D eigenvalue weighted by Gasteiger charge is 2.11. The minimum Gasteiger partial charge on any atom is -0.258 e. The SMILES string of the molecule is O=[N+]([O-])c1cc(Cl)ncc1I. The van der Waals surface area contributed by atoms with Gasteiger partial charge in [-0.15, -0.1) is 0 Å². The zero-order valence-electron chi connectivity index (χ0n) is 5.12. The van der Waals surface area contributed by atoms with Gasteiger partial charge in [0.05, 0.1) is 11.0 Å². The smallest absolute Gasteiger partial charge is 0.258 e. The highest BCUT2D eigenvalue weighted by atomic mass is 127. The number of halogens is 2. The molecule has 6 heteroatoms. The molecular weight excluding hydrogens is 282 g/mol. The third kappa shape index (κ3) is 2.00. The number of pyridine rings is 1. The molecule has 0 unspecified atom stereocenters. The van der Waals surface area contributed by atoms with E-state index in [1.54, 1.807) is 0 Å². The quantitative estimate of drug-likeness (QED) is 0.344. The summed E-state index contributed by atoms with van der Waals surface area (Å²) in [6, 6.07) is 1.23. The topological polar surface area (TPSA) is 56.0 Å². The Morgan fingerprint density at radius 3 is 2.82 bits per heavy atom. The van der Waals surface area contributed by atoms with Gasteiger partial charge in [0.25, 0.3) is 5.69 Å². The molecule has 0 radical (unpaired) electrons. The standard InChI is InChI=1S/C5H2ClIN2O2/c6-5-1-4(9(10)11)3(7)2-8-5/h1-2H. The summed E-state index contributed by atoms with van der Waals surface area (Å²) in [4.78, 5) is 13.5. The van der Waals surface area contributed by atoms with Crippen molar-refractivity contribution < 1.29 is 4.92 Å². The van der Waals surface area contributed by atoms with E-state index >= 15 is 0 Å².